The minimum Gasteiger partial charge on any atom is -0.381 e. The van der Waals surface area contributed by atoms with Crippen LogP contribution < -0.4 is 10.6 Å². The summed E-state index contributed by atoms with van der Waals surface area (Å²) in [7, 11) is 0. The van der Waals surface area contributed by atoms with Gasteiger partial charge in [-0.15, -0.1) is 0 Å². The molecule has 0 aliphatic heterocycles. The fourth-order valence-corrected chi connectivity index (χ4v) is 3.10. The maximum Gasteiger partial charge on any atom is 0.274 e. The van der Waals surface area contributed by atoms with Crippen LogP contribution in [0.25, 0.3) is 0 Å². The second-order valence-electron chi connectivity index (χ2n) is 6.59. The molecular formula is C20H25N3O. The van der Waals surface area contributed by atoms with E-state index in [1.165, 1.54) is 44.1 Å². The molecule has 0 spiro atoms. The van der Waals surface area contributed by atoms with E-state index in [1.807, 2.05) is 37.3 Å². The molecule has 1 aromatic carbocycles. The van der Waals surface area contributed by atoms with E-state index < -0.39 is 0 Å². The third-order valence-corrected chi connectivity index (χ3v) is 4.53. The monoisotopic (exact) mass is 323 g/mol. The molecule has 1 heterocycles. The van der Waals surface area contributed by atoms with Gasteiger partial charge < -0.3 is 10.6 Å². The molecule has 1 aliphatic carbocycles. The van der Waals surface area contributed by atoms with Crippen molar-refractivity contribution in [3.8, 4) is 0 Å². The summed E-state index contributed by atoms with van der Waals surface area (Å²) < 4.78 is 0. The highest BCUT2D eigenvalue weighted by atomic mass is 16.1. The van der Waals surface area contributed by atoms with Crippen molar-refractivity contribution in [1.82, 2.24) is 4.98 Å². The summed E-state index contributed by atoms with van der Waals surface area (Å²) in [5.41, 5.74) is 3.38. The van der Waals surface area contributed by atoms with Crippen molar-refractivity contribution in [1.29, 1.82) is 0 Å². The maximum atomic E-state index is 12.3. The van der Waals surface area contributed by atoms with Crippen molar-refractivity contribution in [2.75, 3.05) is 10.6 Å². The average Bonchev–Trinajstić information content (AvgIpc) is 2.86. The first-order valence-corrected chi connectivity index (χ1v) is 8.81. The highest BCUT2D eigenvalue weighted by Crippen LogP contribution is 2.21. The maximum absolute atomic E-state index is 12.3. The standard InChI is InChI=1S/C20H25N3O/c1-15-8-10-17(11-9-15)23-20(24)19-13-12-18(14-21-19)22-16-6-4-2-3-5-7-16/h8-14,16,22H,2-7H2,1H3,(H,23,24). The number of aryl methyl sites for hydroxylation is 1. The number of nitrogens with one attached hydrogen (secondary N) is 2. The van der Waals surface area contributed by atoms with Gasteiger partial charge in [0.2, 0.25) is 0 Å². The van der Waals surface area contributed by atoms with Gasteiger partial charge in [-0.25, -0.2) is 4.98 Å². The molecule has 0 saturated heterocycles. The van der Waals surface area contributed by atoms with Crippen LogP contribution in [-0.2, 0) is 0 Å². The van der Waals surface area contributed by atoms with Crippen LogP contribution in [0.15, 0.2) is 42.6 Å². The van der Waals surface area contributed by atoms with E-state index in [9.17, 15) is 4.79 Å². The van der Waals surface area contributed by atoms with Crippen LogP contribution in [0.3, 0.4) is 0 Å². The normalized spacial score (nSPS) is 15.5. The molecule has 1 amide bonds. The van der Waals surface area contributed by atoms with E-state index in [1.54, 1.807) is 12.3 Å². The third kappa shape index (κ3) is 4.57. The summed E-state index contributed by atoms with van der Waals surface area (Å²) in [4.78, 5) is 16.6. The predicted molar refractivity (Wildman–Crippen MR) is 98.5 cm³/mol. The second-order valence-corrected chi connectivity index (χ2v) is 6.59. The SMILES string of the molecule is Cc1ccc(NC(=O)c2ccc(NC3CCCCCC3)cn2)cc1. The molecular weight excluding hydrogens is 298 g/mol. The van der Waals surface area contributed by atoms with E-state index >= 15 is 0 Å². The van der Waals surface area contributed by atoms with Crippen molar-refractivity contribution < 1.29 is 4.79 Å². The number of nitrogens with zero attached hydrogens (tertiary/aromatic N) is 1. The lowest BCUT2D eigenvalue weighted by Gasteiger charge is -2.17. The molecule has 0 radical (unpaired) electrons. The van der Waals surface area contributed by atoms with Gasteiger partial charge in [0.15, 0.2) is 0 Å². The van der Waals surface area contributed by atoms with Crippen LogP contribution in [0, 0.1) is 6.92 Å². The molecule has 1 fully saturated rings. The molecule has 1 saturated carbocycles. The lowest BCUT2D eigenvalue weighted by atomic mass is 10.1. The Labute approximate surface area is 143 Å². The van der Waals surface area contributed by atoms with Crippen molar-refractivity contribution in [3.63, 3.8) is 0 Å². The van der Waals surface area contributed by atoms with Gasteiger partial charge in [0.05, 0.1) is 11.9 Å². The molecule has 2 aromatic rings. The van der Waals surface area contributed by atoms with Crippen molar-refractivity contribution >= 4 is 17.3 Å². The number of aromatic nitrogens is 1. The highest BCUT2D eigenvalue weighted by Gasteiger charge is 2.13. The van der Waals surface area contributed by atoms with E-state index in [4.69, 9.17) is 0 Å². The van der Waals surface area contributed by atoms with Crippen LogP contribution in [0.4, 0.5) is 11.4 Å². The predicted octanol–water partition coefficient (Wildman–Crippen LogP) is 4.78. The third-order valence-electron chi connectivity index (χ3n) is 4.53. The number of rotatable bonds is 4. The topological polar surface area (TPSA) is 54.0 Å². The van der Waals surface area contributed by atoms with E-state index in [0.717, 1.165) is 11.4 Å². The van der Waals surface area contributed by atoms with Crippen LogP contribution in [-0.4, -0.2) is 16.9 Å². The highest BCUT2D eigenvalue weighted by molar-refractivity contribution is 6.02. The number of anilines is 2. The average molecular weight is 323 g/mol. The molecule has 2 N–H and O–H groups in total. The molecule has 126 valence electrons. The van der Waals surface area contributed by atoms with Gasteiger partial charge in [0, 0.05) is 11.7 Å². The summed E-state index contributed by atoms with van der Waals surface area (Å²) in [6.45, 7) is 2.02. The second kappa shape index (κ2) is 7.95. The summed E-state index contributed by atoms with van der Waals surface area (Å²) in [5, 5.41) is 6.42. The van der Waals surface area contributed by atoms with Crippen molar-refractivity contribution in [2.24, 2.45) is 0 Å². The van der Waals surface area contributed by atoms with Crippen LogP contribution in [0.1, 0.15) is 54.6 Å². The van der Waals surface area contributed by atoms with Crippen molar-refractivity contribution in [3.05, 3.63) is 53.9 Å². The van der Waals surface area contributed by atoms with Gasteiger partial charge in [0.25, 0.3) is 5.91 Å². The Kier molecular flexibility index (Phi) is 5.47. The molecule has 3 rings (SSSR count). The molecule has 24 heavy (non-hydrogen) atoms. The quantitative estimate of drug-likeness (QED) is 0.796. The molecule has 0 unspecified atom stereocenters. The Balaban J connectivity index is 1.58. The summed E-state index contributed by atoms with van der Waals surface area (Å²) >= 11 is 0. The number of benzene rings is 1. The van der Waals surface area contributed by atoms with E-state index in [2.05, 4.69) is 15.6 Å². The smallest absolute Gasteiger partial charge is 0.274 e. The van der Waals surface area contributed by atoms with E-state index in [0.29, 0.717) is 11.7 Å². The molecule has 0 bridgehead atoms. The van der Waals surface area contributed by atoms with Crippen LogP contribution in [0.2, 0.25) is 0 Å². The Morgan fingerprint density at radius 1 is 0.958 bits per heavy atom. The Morgan fingerprint density at radius 2 is 1.62 bits per heavy atom. The van der Waals surface area contributed by atoms with Crippen LogP contribution >= 0.6 is 0 Å². The minimum absolute atomic E-state index is 0.181. The van der Waals surface area contributed by atoms with Gasteiger partial charge in [0.1, 0.15) is 5.69 Å². The molecule has 4 heteroatoms. The number of hydrogen-bond acceptors (Lipinski definition) is 3. The number of carbonyl (C=O) groups excluding carboxylic acids is 1. The van der Waals surface area contributed by atoms with Gasteiger partial charge >= 0.3 is 0 Å². The summed E-state index contributed by atoms with van der Waals surface area (Å²) in [5.74, 6) is -0.181. The van der Waals surface area contributed by atoms with E-state index in [-0.39, 0.29) is 5.91 Å². The zero-order valence-corrected chi connectivity index (χ0v) is 14.2. The summed E-state index contributed by atoms with van der Waals surface area (Å²) in [6, 6.07) is 12.0. The first-order chi connectivity index (χ1) is 11.7. The molecule has 0 atom stereocenters. The number of pyridine rings is 1. The Morgan fingerprint density at radius 3 is 2.25 bits per heavy atom. The van der Waals surface area contributed by atoms with Crippen molar-refractivity contribution in [2.45, 2.75) is 51.5 Å². The number of carbonyl (C=O) groups is 1. The molecule has 1 aliphatic rings. The molecule has 4 nitrogen and oxygen atoms in total. The largest absolute Gasteiger partial charge is 0.381 e. The van der Waals surface area contributed by atoms with Gasteiger partial charge in [-0.3, -0.25) is 4.79 Å². The fourth-order valence-electron chi connectivity index (χ4n) is 3.10. The van der Waals surface area contributed by atoms with Gasteiger partial charge in [-0.2, -0.15) is 0 Å². The summed E-state index contributed by atoms with van der Waals surface area (Å²) in [6.07, 6.45) is 9.47. The lowest BCUT2D eigenvalue weighted by Crippen LogP contribution is -2.19. The number of hydrogen-bond donors (Lipinski definition) is 2. The first kappa shape index (κ1) is 16.5. The zero-order chi connectivity index (χ0) is 16.8. The zero-order valence-electron chi connectivity index (χ0n) is 14.2. The molecule has 1 aromatic heterocycles. The number of amides is 1. The Hall–Kier alpha value is -2.36. The minimum atomic E-state index is -0.181. The van der Waals surface area contributed by atoms with Gasteiger partial charge in [-0.05, 0) is 44.0 Å². The van der Waals surface area contributed by atoms with Gasteiger partial charge in [-0.1, -0.05) is 43.4 Å². The fraction of sp³-hybridized carbons (Fsp3) is 0.400. The van der Waals surface area contributed by atoms with Crippen LogP contribution in [0.5, 0.6) is 0 Å². The Bertz CT molecular complexity index is 656. The first-order valence-electron chi connectivity index (χ1n) is 8.81. The lowest BCUT2D eigenvalue weighted by molar-refractivity contribution is 0.102.